The molecule has 0 spiro atoms. The summed E-state index contributed by atoms with van der Waals surface area (Å²) in [6.45, 7) is 0. The number of anilines is 6. The molecule has 4 heterocycles. The molecule has 0 amide bonds. The molecule has 526 valence electrons. The maximum atomic E-state index is 2.37. The molecule has 0 bridgehead atoms. The largest absolute Gasteiger partial charge is 0.311 e. The molecule has 0 N–H and O–H groups in total. The summed E-state index contributed by atoms with van der Waals surface area (Å²) in [5, 5.41) is 12.9. The van der Waals surface area contributed by atoms with E-state index >= 15 is 0 Å². The lowest BCUT2D eigenvalue weighted by Gasteiger charge is -2.26. The van der Waals surface area contributed by atoms with Gasteiger partial charge in [-0.15, -0.1) is 22.7 Å². The molecule has 0 aliphatic rings. The van der Waals surface area contributed by atoms with Gasteiger partial charge in [-0.1, -0.05) is 267 Å². The van der Waals surface area contributed by atoms with Gasteiger partial charge in [-0.3, -0.25) is 0 Å². The first-order valence-corrected chi connectivity index (χ1v) is 39.8. The van der Waals surface area contributed by atoms with Gasteiger partial charge in [0.25, 0.3) is 0 Å². The molecule has 0 radical (unpaired) electrons. The molecule has 0 saturated carbocycles. The number of fused-ring (bicyclic) bond motifs is 13. The van der Waals surface area contributed by atoms with Crippen molar-refractivity contribution >= 4 is 152 Å². The van der Waals surface area contributed by atoms with Crippen molar-refractivity contribution in [2.24, 2.45) is 0 Å². The van der Waals surface area contributed by atoms with Gasteiger partial charge in [-0.2, -0.15) is 0 Å². The zero-order chi connectivity index (χ0) is 74.0. The quantitative estimate of drug-likeness (QED) is 0.114. The SMILES string of the molecule is c1ccc(-c2ccc(-c3ccc(N(c4ccc(-c5ccc6c(c5)sc5ccccc56)cc4)c4ccc(-n5c6ccccc6c6ccccc65)cc4)cc3)cc2)cc1.c1ccc2cc(-c3ccc(N(c4ccc(-c5ccc6sc7ccccc7c6c5)cc4)c4ccc(-n5c6ccccc6c6ccccc65)cc4)cc3)ccc2c1. The summed E-state index contributed by atoms with van der Waals surface area (Å²) in [5.74, 6) is 0. The second-order valence-corrected chi connectivity index (χ2v) is 30.9. The zero-order valence-electron chi connectivity index (χ0n) is 61.0. The highest BCUT2D eigenvalue weighted by atomic mass is 32.1. The van der Waals surface area contributed by atoms with E-state index in [0.717, 1.165) is 45.5 Å². The predicted molar refractivity (Wildman–Crippen MR) is 481 cm³/mol. The van der Waals surface area contributed by atoms with E-state index < -0.39 is 0 Å². The van der Waals surface area contributed by atoms with Gasteiger partial charge in [-0.05, 0) is 224 Å². The molecule has 18 aromatic carbocycles. The maximum Gasteiger partial charge on any atom is 0.0541 e. The number of nitrogens with zero attached hydrogens (tertiary/aromatic N) is 4. The zero-order valence-corrected chi connectivity index (χ0v) is 62.7. The number of rotatable bonds is 13. The molecule has 0 aliphatic heterocycles. The van der Waals surface area contributed by atoms with E-state index in [0.29, 0.717) is 0 Å². The van der Waals surface area contributed by atoms with Crippen molar-refractivity contribution < 1.29 is 0 Å². The van der Waals surface area contributed by atoms with Crippen LogP contribution in [0.3, 0.4) is 0 Å². The van der Waals surface area contributed by atoms with Gasteiger partial charge in [0.05, 0.1) is 22.1 Å². The average molecular weight is 1460 g/mol. The van der Waals surface area contributed by atoms with Crippen LogP contribution in [-0.4, -0.2) is 9.13 Å². The van der Waals surface area contributed by atoms with E-state index in [2.05, 4.69) is 444 Å². The van der Waals surface area contributed by atoms with Gasteiger partial charge in [0.15, 0.2) is 0 Å². The van der Waals surface area contributed by atoms with Gasteiger partial charge in [-0.25, -0.2) is 0 Å². The topological polar surface area (TPSA) is 16.3 Å². The second-order valence-electron chi connectivity index (χ2n) is 28.8. The average Bonchev–Trinajstić information content (AvgIpc) is 1.58. The number of aromatic nitrogens is 2. The van der Waals surface area contributed by atoms with E-state index in [1.165, 1.54) is 150 Å². The highest BCUT2D eigenvalue weighted by Gasteiger charge is 2.20. The second kappa shape index (κ2) is 28.1. The molecule has 0 unspecified atom stereocenters. The summed E-state index contributed by atoms with van der Waals surface area (Å²) in [5.41, 5.74) is 25.8. The van der Waals surface area contributed by atoms with Crippen LogP contribution in [0.25, 0.3) is 162 Å². The Bertz CT molecular complexity index is 7150. The molecule has 22 rings (SSSR count). The van der Waals surface area contributed by atoms with Gasteiger partial charge in [0.1, 0.15) is 0 Å². The Morgan fingerprint density at radius 3 is 0.884 bits per heavy atom. The van der Waals surface area contributed by atoms with E-state index in [-0.39, 0.29) is 0 Å². The van der Waals surface area contributed by atoms with Crippen molar-refractivity contribution in [2.75, 3.05) is 9.80 Å². The van der Waals surface area contributed by atoms with Crippen LogP contribution in [0.1, 0.15) is 0 Å². The van der Waals surface area contributed by atoms with Crippen molar-refractivity contribution in [1.82, 2.24) is 9.13 Å². The minimum atomic E-state index is 1.10. The van der Waals surface area contributed by atoms with Gasteiger partial charge in [0, 0.05) is 107 Å². The van der Waals surface area contributed by atoms with Crippen LogP contribution in [0.2, 0.25) is 0 Å². The van der Waals surface area contributed by atoms with Crippen LogP contribution < -0.4 is 9.80 Å². The van der Waals surface area contributed by atoms with E-state index in [9.17, 15) is 0 Å². The van der Waals surface area contributed by atoms with Crippen molar-refractivity contribution in [2.45, 2.75) is 0 Å². The molecule has 4 aromatic heterocycles. The third-order valence-corrected chi connectivity index (χ3v) is 24.5. The molecule has 0 atom stereocenters. The summed E-state index contributed by atoms with van der Waals surface area (Å²) in [4.78, 5) is 4.72. The highest BCUT2D eigenvalue weighted by Crippen LogP contribution is 2.45. The Kier molecular flexibility index (Phi) is 16.6. The molecule has 22 aromatic rings. The van der Waals surface area contributed by atoms with Crippen LogP contribution in [-0.2, 0) is 0 Å². The lowest BCUT2D eigenvalue weighted by Crippen LogP contribution is -2.10. The summed E-state index contributed by atoms with van der Waals surface area (Å²) in [6.07, 6.45) is 0. The Labute approximate surface area is 657 Å². The molecule has 0 fully saturated rings. The number of hydrogen-bond donors (Lipinski definition) is 0. The maximum absolute atomic E-state index is 2.37. The fourth-order valence-corrected chi connectivity index (χ4v) is 18.9. The smallest absolute Gasteiger partial charge is 0.0541 e. The number of para-hydroxylation sites is 4. The third kappa shape index (κ3) is 12.0. The first kappa shape index (κ1) is 66.1. The van der Waals surface area contributed by atoms with E-state index in [1.807, 2.05) is 22.7 Å². The molecule has 112 heavy (non-hydrogen) atoms. The fraction of sp³-hybridized carbons (Fsp3) is 0. The third-order valence-electron chi connectivity index (χ3n) is 22.2. The fourth-order valence-electron chi connectivity index (χ4n) is 16.7. The van der Waals surface area contributed by atoms with Crippen molar-refractivity contribution in [3.8, 4) is 67.0 Å². The Morgan fingerprint density at radius 1 is 0.161 bits per heavy atom. The normalized spacial score (nSPS) is 11.6. The summed E-state index contributed by atoms with van der Waals surface area (Å²) < 4.78 is 10.0. The molecular weight excluding hydrogens is 1390 g/mol. The molecule has 6 heteroatoms. The minimum absolute atomic E-state index is 1.10. The van der Waals surface area contributed by atoms with Crippen LogP contribution in [0.15, 0.2) is 425 Å². The first-order chi connectivity index (χ1) is 55.5. The summed E-state index contributed by atoms with van der Waals surface area (Å²) >= 11 is 3.72. The van der Waals surface area contributed by atoms with Crippen LogP contribution in [0.5, 0.6) is 0 Å². The van der Waals surface area contributed by atoms with Gasteiger partial charge < -0.3 is 18.9 Å². The minimum Gasteiger partial charge on any atom is -0.311 e. The number of benzene rings is 18. The van der Waals surface area contributed by atoms with Gasteiger partial charge >= 0.3 is 0 Å². The first-order valence-electron chi connectivity index (χ1n) is 38.2. The highest BCUT2D eigenvalue weighted by molar-refractivity contribution is 7.26. The van der Waals surface area contributed by atoms with E-state index in [1.54, 1.807) is 0 Å². The monoisotopic (exact) mass is 1460 g/mol. The standard InChI is InChI=1S/C54H36N2S.C52H34N2S/c1-2-10-37(11-3-1)38-18-20-39(21-19-38)40-22-27-43(28-23-40)55(44-29-24-41(25-30-44)42-26-35-50-49-14-6-9-17-53(49)57-54(50)36-42)45-31-33-46(34-32-45)56-51-15-7-4-12-47(51)48-13-5-8-16-52(48)56;1-2-10-38-33-39(18-17-35(38)9-1)36-19-24-41(25-20-36)53(42-26-21-37(22-27-42)40-23-32-52-48(34-40)47-13-5-8-16-51(47)55-52)43-28-30-44(31-29-43)54-49-14-6-3-11-45(49)46-12-4-7-15-50(46)54/h1-36H;1-34H. The van der Waals surface area contributed by atoms with Crippen molar-refractivity contribution in [3.63, 3.8) is 0 Å². The Morgan fingerprint density at radius 2 is 0.438 bits per heavy atom. The molecule has 0 saturated heterocycles. The summed E-state index contributed by atoms with van der Waals surface area (Å²) in [6, 6.07) is 154. The van der Waals surface area contributed by atoms with Gasteiger partial charge in [0.2, 0.25) is 0 Å². The Balaban J connectivity index is 0.000000142. The predicted octanol–water partition coefficient (Wildman–Crippen LogP) is 30.7. The van der Waals surface area contributed by atoms with Crippen molar-refractivity contribution in [1.29, 1.82) is 0 Å². The molecular formula is C106H70N4S2. The van der Waals surface area contributed by atoms with Crippen molar-refractivity contribution in [3.05, 3.63) is 425 Å². The summed E-state index contributed by atoms with van der Waals surface area (Å²) in [7, 11) is 0. The van der Waals surface area contributed by atoms with Crippen LogP contribution in [0, 0.1) is 0 Å². The van der Waals surface area contributed by atoms with Crippen LogP contribution >= 0.6 is 22.7 Å². The Hall–Kier alpha value is -14.1. The molecule has 4 nitrogen and oxygen atoms in total. The lowest BCUT2D eigenvalue weighted by molar-refractivity contribution is 1.17. The number of thiophene rings is 2. The lowest BCUT2D eigenvalue weighted by atomic mass is 10.00. The number of hydrogen-bond acceptors (Lipinski definition) is 4. The van der Waals surface area contributed by atoms with Crippen LogP contribution in [0.4, 0.5) is 34.1 Å². The molecule has 0 aliphatic carbocycles. The van der Waals surface area contributed by atoms with E-state index in [4.69, 9.17) is 0 Å².